The van der Waals surface area contributed by atoms with Crippen LogP contribution in [0.15, 0.2) is 68.5 Å². The number of nitro groups is 1. The Morgan fingerprint density at radius 1 is 1.18 bits per heavy atom. The molecule has 0 bridgehead atoms. The Bertz CT molecular complexity index is 727. The van der Waals surface area contributed by atoms with Crippen LogP contribution in [0.4, 0.5) is 5.69 Å². The van der Waals surface area contributed by atoms with Gasteiger partial charge in [-0.3, -0.25) is 10.1 Å². The van der Waals surface area contributed by atoms with Crippen LogP contribution in [0, 0.1) is 10.1 Å². The highest BCUT2D eigenvalue weighted by atomic mass is 32.2. The normalized spacial score (nSPS) is 10.5. The summed E-state index contributed by atoms with van der Waals surface area (Å²) in [5.74, 6) is -0.179. The Morgan fingerprint density at radius 2 is 1.91 bits per heavy atom. The maximum atomic E-state index is 11.2. The lowest BCUT2D eigenvalue weighted by atomic mass is 10.2. The SMILES string of the molecule is NC(N)=NN=Cc1ccc(Sc2ccccc2)c([N+](=O)[O-])c1. The van der Waals surface area contributed by atoms with Gasteiger partial charge in [0.05, 0.1) is 16.0 Å². The zero-order valence-electron chi connectivity index (χ0n) is 11.4. The predicted octanol–water partition coefficient (Wildman–Crippen LogP) is 2.35. The summed E-state index contributed by atoms with van der Waals surface area (Å²) in [5.41, 5.74) is 10.8. The second-order valence-electron chi connectivity index (χ2n) is 4.17. The van der Waals surface area contributed by atoms with Gasteiger partial charge in [0.1, 0.15) is 0 Å². The van der Waals surface area contributed by atoms with Gasteiger partial charge in [-0.25, -0.2) is 0 Å². The maximum absolute atomic E-state index is 11.2. The average molecular weight is 315 g/mol. The van der Waals surface area contributed by atoms with E-state index in [0.29, 0.717) is 10.5 Å². The molecule has 0 atom stereocenters. The zero-order valence-corrected chi connectivity index (χ0v) is 12.2. The second kappa shape index (κ2) is 7.23. The number of guanidine groups is 1. The van der Waals surface area contributed by atoms with Crippen LogP contribution >= 0.6 is 11.8 Å². The van der Waals surface area contributed by atoms with Crippen molar-refractivity contribution in [3.05, 3.63) is 64.2 Å². The molecule has 22 heavy (non-hydrogen) atoms. The third-order valence-electron chi connectivity index (χ3n) is 2.53. The van der Waals surface area contributed by atoms with Gasteiger partial charge in [0.15, 0.2) is 0 Å². The van der Waals surface area contributed by atoms with Crippen LogP contribution in [0.2, 0.25) is 0 Å². The fraction of sp³-hybridized carbons (Fsp3) is 0. The molecule has 0 amide bonds. The second-order valence-corrected chi connectivity index (χ2v) is 5.28. The molecule has 0 spiro atoms. The largest absolute Gasteiger partial charge is 0.369 e. The Kier molecular flexibility index (Phi) is 5.10. The molecule has 0 saturated carbocycles. The fourth-order valence-corrected chi connectivity index (χ4v) is 2.54. The van der Waals surface area contributed by atoms with E-state index in [1.54, 1.807) is 12.1 Å². The Morgan fingerprint density at radius 3 is 2.55 bits per heavy atom. The van der Waals surface area contributed by atoms with Gasteiger partial charge >= 0.3 is 0 Å². The molecule has 0 fully saturated rings. The van der Waals surface area contributed by atoms with E-state index in [2.05, 4.69) is 10.2 Å². The van der Waals surface area contributed by atoms with Crippen molar-refractivity contribution >= 4 is 29.6 Å². The van der Waals surface area contributed by atoms with E-state index >= 15 is 0 Å². The minimum Gasteiger partial charge on any atom is -0.369 e. The first-order valence-corrected chi connectivity index (χ1v) is 7.01. The topological polar surface area (TPSA) is 120 Å². The van der Waals surface area contributed by atoms with Gasteiger partial charge in [-0.15, -0.1) is 5.10 Å². The molecule has 0 heterocycles. The van der Waals surface area contributed by atoms with Gasteiger partial charge in [-0.1, -0.05) is 36.0 Å². The predicted molar refractivity (Wildman–Crippen MR) is 87.1 cm³/mol. The molecule has 2 aromatic rings. The summed E-state index contributed by atoms with van der Waals surface area (Å²) >= 11 is 1.33. The lowest BCUT2D eigenvalue weighted by Crippen LogP contribution is -2.21. The minimum absolute atomic E-state index is 0.00232. The lowest BCUT2D eigenvalue weighted by Gasteiger charge is -2.03. The smallest absolute Gasteiger partial charge is 0.283 e. The molecule has 2 aromatic carbocycles. The van der Waals surface area contributed by atoms with Gasteiger partial charge in [0.25, 0.3) is 5.69 Å². The van der Waals surface area contributed by atoms with Crippen LogP contribution in [-0.2, 0) is 0 Å². The van der Waals surface area contributed by atoms with Gasteiger partial charge in [0.2, 0.25) is 5.96 Å². The molecule has 0 radical (unpaired) electrons. The Labute approximate surface area is 130 Å². The standard InChI is InChI=1S/C14H13N5O2S/c15-14(16)18-17-9-10-6-7-13(12(8-10)19(20)21)22-11-4-2-1-3-5-11/h1-9H,(H4,15,16,18). The molecular formula is C14H13N5O2S. The maximum Gasteiger partial charge on any atom is 0.283 e. The summed E-state index contributed by atoms with van der Waals surface area (Å²) in [4.78, 5) is 12.3. The Hall–Kier alpha value is -2.87. The molecule has 0 aromatic heterocycles. The molecule has 8 heteroatoms. The number of nitrogens with two attached hydrogens (primary N) is 2. The molecule has 0 unspecified atom stereocenters. The molecular weight excluding hydrogens is 302 g/mol. The summed E-state index contributed by atoms with van der Waals surface area (Å²) < 4.78 is 0. The van der Waals surface area contributed by atoms with Crippen molar-refractivity contribution in [1.29, 1.82) is 0 Å². The molecule has 0 aliphatic heterocycles. The van der Waals surface area contributed by atoms with E-state index in [1.807, 2.05) is 30.3 Å². The summed E-state index contributed by atoms with van der Waals surface area (Å²) in [7, 11) is 0. The van der Waals surface area contributed by atoms with Gasteiger partial charge in [-0.2, -0.15) is 5.10 Å². The van der Waals surface area contributed by atoms with Crippen LogP contribution in [0.5, 0.6) is 0 Å². The van der Waals surface area contributed by atoms with Crippen molar-refractivity contribution in [2.24, 2.45) is 21.7 Å². The summed E-state index contributed by atoms with van der Waals surface area (Å²) in [5, 5.41) is 18.3. The number of hydrogen-bond donors (Lipinski definition) is 2. The third-order valence-corrected chi connectivity index (χ3v) is 3.60. The number of rotatable bonds is 5. The van der Waals surface area contributed by atoms with Crippen molar-refractivity contribution < 1.29 is 4.92 Å². The van der Waals surface area contributed by atoms with Gasteiger partial charge in [0, 0.05) is 16.5 Å². The van der Waals surface area contributed by atoms with E-state index in [9.17, 15) is 10.1 Å². The van der Waals surface area contributed by atoms with E-state index in [-0.39, 0.29) is 11.6 Å². The quantitative estimate of drug-likeness (QED) is 0.380. The van der Waals surface area contributed by atoms with Crippen molar-refractivity contribution in [3.8, 4) is 0 Å². The highest BCUT2D eigenvalue weighted by molar-refractivity contribution is 7.99. The van der Waals surface area contributed by atoms with E-state index in [1.165, 1.54) is 24.0 Å². The van der Waals surface area contributed by atoms with Crippen LogP contribution in [0.3, 0.4) is 0 Å². The first-order valence-electron chi connectivity index (χ1n) is 6.19. The summed E-state index contributed by atoms with van der Waals surface area (Å²) in [6, 6.07) is 14.2. The number of nitro benzene ring substituents is 1. The molecule has 0 saturated heterocycles. The molecule has 7 nitrogen and oxygen atoms in total. The third kappa shape index (κ3) is 4.32. The lowest BCUT2D eigenvalue weighted by molar-refractivity contribution is -0.387. The van der Waals surface area contributed by atoms with E-state index < -0.39 is 4.92 Å². The van der Waals surface area contributed by atoms with Crippen molar-refractivity contribution in [2.45, 2.75) is 9.79 Å². The van der Waals surface area contributed by atoms with Crippen LogP contribution in [0.1, 0.15) is 5.56 Å². The van der Waals surface area contributed by atoms with Crippen LogP contribution in [-0.4, -0.2) is 17.1 Å². The molecule has 2 rings (SSSR count). The molecule has 0 aliphatic rings. The van der Waals surface area contributed by atoms with Gasteiger partial charge in [-0.05, 0) is 18.2 Å². The first-order chi connectivity index (χ1) is 10.6. The molecule has 0 aliphatic carbocycles. The van der Waals surface area contributed by atoms with E-state index in [4.69, 9.17) is 11.5 Å². The summed E-state index contributed by atoms with van der Waals surface area (Å²) in [6.07, 6.45) is 1.35. The van der Waals surface area contributed by atoms with Crippen molar-refractivity contribution in [2.75, 3.05) is 0 Å². The zero-order chi connectivity index (χ0) is 15.9. The monoisotopic (exact) mass is 315 g/mol. The highest BCUT2D eigenvalue weighted by Gasteiger charge is 2.15. The van der Waals surface area contributed by atoms with E-state index in [0.717, 1.165) is 4.90 Å². The Balaban J connectivity index is 2.30. The van der Waals surface area contributed by atoms with Gasteiger partial charge < -0.3 is 11.5 Å². The highest BCUT2D eigenvalue weighted by Crippen LogP contribution is 2.34. The first kappa shape index (κ1) is 15.5. The van der Waals surface area contributed by atoms with Crippen molar-refractivity contribution in [1.82, 2.24) is 0 Å². The number of benzene rings is 2. The average Bonchev–Trinajstić information content (AvgIpc) is 2.49. The van der Waals surface area contributed by atoms with Crippen LogP contribution < -0.4 is 11.5 Å². The number of hydrogen-bond acceptors (Lipinski definition) is 5. The van der Waals surface area contributed by atoms with Crippen LogP contribution in [0.25, 0.3) is 0 Å². The fourth-order valence-electron chi connectivity index (χ4n) is 1.62. The molecule has 112 valence electrons. The summed E-state index contributed by atoms with van der Waals surface area (Å²) in [6.45, 7) is 0. The minimum atomic E-state index is -0.427. The molecule has 4 N–H and O–H groups in total. The van der Waals surface area contributed by atoms with Crippen molar-refractivity contribution in [3.63, 3.8) is 0 Å². The number of nitrogens with zero attached hydrogens (tertiary/aromatic N) is 3.